The Kier molecular flexibility index (Phi) is 9.60. The van der Waals surface area contributed by atoms with Gasteiger partial charge in [-0.3, -0.25) is 0 Å². The number of ether oxygens (including phenoxy) is 6. The SMILES string of the molecule is CC1O[C@@H](OC2C(O)[C@@H](O)CO[C@H]2O[C@@H]2C[C@H](O)CC3=CCC4C5CC6O[C@]7(CC(O)[C@H](C)CO7)[C@@H](C)C6[C@@]5(C)CCC4[C@]32C)C(O)C(O)[C@H]1O. The lowest BCUT2D eigenvalue weighted by Gasteiger charge is -2.60. The van der Waals surface area contributed by atoms with Crippen LogP contribution in [0, 0.1) is 46.3 Å². The van der Waals surface area contributed by atoms with E-state index in [1.807, 2.05) is 6.92 Å². The lowest BCUT2D eigenvalue weighted by molar-refractivity contribution is -0.362. The minimum Gasteiger partial charge on any atom is -0.393 e. The molecule has 4 aliphatic carbocycles. The zero-order valence-electron chi connectivity index (χ0n) is 30.5. The highest BCUT2D eigenvalue weighted by molar-refractivity contribution is 5.29. The molecule has 8 aliphatic rings. The van der Waals surface area contributed by atoms with E-state index in [-0.39, 0.29) is 35.9 Å². The van der Waals surface area contributed by atoms with Gasteiger partial charge in [0.15, 0.2) is 18.4 Å². The van der Waals surface area contributed by atoms with Crippen LogP contribution in [0.2, 0.25) is 0 Å². The zero-order chi connectivity index (χ0) is 36.4. The van der Waals surface area contributed by atoms with E-state index in [9.17, 15) is 35.7 Å². The Balaban J connectivity index is 1.04. The van der Waals surface area contributed by atoms with Crippen LogP contribution in [0.1, 0.15) is 79.6 Å². The first-order valence-corrected chi connectivity index (χ1v) is 19.4. The van der Waals surface area contributed by atoms with Crippen LogP contribution in [0.3, 0.4) is 0 Å². The van der Waals surface area contributed by atoms with Crippen molar-refractivity contribution in [2.24, 2.45) is 46.3 Å². The van der Waals surface area contributed by atoms with Gasteiger partial charge >= 0.3 is 0 Å². The lowest BCUT2D eigenvalue weighted by atomic mass is 9.46. The maximum Gasteiger partial charge on any atom is 0.187 e. The summed E-state index contributed by atoms with van der Waals surface area (Å²) in [5.41, 5.74) is 0.759. The second kappa shape index (κ2) is 13.2. The summed E-state index contributed by atoms with van der Waals surface area (Å²) in [4.78, 5) is 0. The Hall–Kier alpha value is -0.780. The minimum atomic E-state index is -1.62. The second-order valence-corrected chi connectivity index (χ2v) is 18.0. The number of allylic oxidation sites excluding steroid dienone is 1. The van der Waals surface area contributed by atoms with E-state index < -0.39 is 84.8 Å². The van der Waals surface area contributed by atoms with Crippen molar-refractivity contribution in [1.82, 2.24) is 0 Å². The molecule has 0 aromatic rings. The summed E-state index contributed by atoms with van der Waals surface area (Å²) in [5.74, 6) is 0.859. The normalized spacial score (nSPS) is 59.8. The third-order valence-corrected chi connectivity index (χ3v) is 15.4. The smallest absolute Gasteiger partial charge is 0.187 e. The molecule has 22 atom stereocenters. The summed E-state index contributed by atoms with van der Waals surface area (Å²) in [6.45, 7) is 10.8. The molecule has 8 rings (SSSR count). The molecule has 13 nitrogen and oxygen atoms in total. The van der Waals surface area contributed by atoms with Gasteiger partial charge in [-0.1, -0.05) is 39.3 Å². The van der Waals surface area contributed by atoms with Gasteiger partial charge in [0.05, 0.1) is 43.7 Å². The summed E-state index contributed by atoms with van der Waals surface area (Å²) < 4.78 is 37.8. The number of fused-ring (bicyclic) bond motifs is 7. The van der Waals surface area contributed by atoms with E-state index in [0.717, 1.165) is 25.7 Å². The van der Waals surface area contributed by atoms with E-state index in [1.165, 1.54) is 12.5 Å². The molecule has 0 aromatic heterocycles. The maximum absolute atomic E-state index is 11.1. The average molecular weight is 725 g/mol. The van der Waals surface area contributed by atoms with Crippen molar-refractivity contribution >= 4 is 0 Å². The average Bonchev–Trinajstić information content (AvgIpc) is 3.53. The lowest BCUT2D eigenvalue weighted by Crippen LogP contribution is -2.63. The van der Waals surface area contributed by atoms with E-state index >= 15 is 0 Å². The summed E-state index contributed by atoms with van der Waals surface area (Å²) >= 11 is 0. The van der Waals surface area contributed by atoms with Crippen LogP contribution >= 0.6 is 0 Å². The topological polar surface area (TPSA) is 197 Å². The molecule has 51 heavy (non-hydrogen) atoms. The van der Waals surface area contributed by atoms with Gasteiger partial charge in [0, 0.05) is 30.1 Å². The van der Waals surface area contributed by atoms with Gasteiger partial charge in [-0.25, -0.2) is 0 Å². The fourth-order valence-electron chi connectivity index (χ4n) is 12.4. The van der Waals surface area contributed by atoms with Crippen LogP contribution in [0.4, 0.5) is 0 Å². The third kappa shape index (κ3) is 5.66. The molecule has 13 heteroatoms. The van der Waals surface area contributed by atoms with Gasteiger partial charge in [0.1, 0.15) is 36.6 Å². The van der Waals surface area contributed by atoms with Crippen LogP contribution in [0.25, 0.3) is 0 Å². The first kappa shape index (κ1) is 37.2. The van der Waals surface area contributed by atoms with E-state index in [2.05, 4.69) is 26.8 Å². The van der Waals surface area contributed by atoms with Crippen LogP contribution in [-0.2, 0) is 28.4 Å². The van der Waals surface area contributed by atoms with Crippen LogP contribution < -0.4 is 0 Å². The number of aliphatic hydroxyl groups excluding tert-OH is 7. The Bertz CT molecular complexity index is 1330. The van der Waals surface area contributed by atoms with Crippen molar-refractivity contribution in [2.45, 2.75) is 165 Å². The summed E-state index contributed by atoms with van der Waals surface area (Å²) in [6.07, 6.45) is -5.94. The molecule has 7 N–H and O–H groups in total. The van der Waals surface area contributed by atoms with Gasteiger partial charge < -0.3 is 64.2 Å². The molecule has 0 aromatic carbocycles. The highest BCUT2D eigenvalue weighted by Crippen LogP contribution is 2.71. The van der Waals surface area contributed by atoms with Gasteiger partial charge in [-0.2, -0.15) is 0 Å². The van der Waals surface area contributed by atoms with Crippen molar-refractivity contribution in [2.75, 3.05) is 13.2 Å². The van der Waals surface area contributed by atoms with Crippen LogP contribution in [0.5, 0.6) is 0 Å². The molecule has 1 spiro atoms. The number of aliphatic hydroxyl groups is 7. The van der Waals surface area contributed by atoms with Gasteiger partial charge in [0.25, 0.3) is 0 Å². The third-order valence-electron chi connectivity index (χ3n) is 15.4. The predicted molar refractivity (Wildman–Crippen MR) is 178 cm³/mol. The molecule has 0 bridgehead atoms. The Labute approximate surface area is 300 Å². The van der Waals surface area contributed by atoms with Crippen LogP contribution in [0.15, 0.2) is 11.6 Å². The van der Waals surface area contributed by atoms with E-state index in [0.29, 0.717) is 43.6 Å². The summed E-state index contributed by atoms with van der Waals surface area (Å²) in [5, 5.41) is 75.0. The molecule has 290 valence electrons. The predicted octanol–water partition coefficient (Wildman–Crippen LogP) is 0.971. The highest BCUT2D eigenvalue weighted by atomic mass is 16.8. The second-order valence-electron chi connectivity index (χ2n) is 18.0. The number of hydrogen-bond donors (Lipinski definition) is 7. The fourth-order valence-corrected chi connectivity index (χ4v) is 12.4. The van der Waals surface area contributed by atoms with Crippen molar-refractivity contribution in [3.8, 4) is 0 Å². The van der Waals surface area contributed by atoms with Crippen molar-refractivity contribution in [3.63, 3.8) is 0 Å². The molecule has 3 saturated carbocycles. The highest BCUT2D eigenvalue weighted by Gasteiger charge is 2.70. The molecule has 0 amide bonds. The minimum absolute atomic E-state index is 0.0418. The van der Waals surface area contributed by atoms with Gasteiger partial charge in [-0.05, 0) is 68.1 Å². The van der Waals surface area contributed by atoms with Crippen molar-refractivity contribution in [1.29, 1.82) is 0 Å². The van der Waals surface area contributed by atoms with Crippen molar-refractivity contribution in [3.05, 3.63) is 11.6 Å². The summed E-state index contributed by atoms with van der Waals surface area (Å²) in [6, 6.07) is 0. The standard InChI is InChI=1S/C38H60O13/c1-16-14-47-38(13-24(16)40)17(2)28-26(51-38)12-23-21-7-6-19-10-20(39)11-27(37(19,5)22(21)8-9-36(23,28)4)49-35-33(30(43)25(41)15-46-35)50-34-32(45)31(44)29(42)18(3)48-34/h6,16-18,20-35,39-45H,7-15H2,1-5H3/t16-,17+,18?,20-,21?,22?,23?,24?,25+,26?,27-,28?,29+,30?,31?,32?,33?,34+,35+,36+,37+,38-/m1/s1. The number of hydrogen-bond acceptors (Lipinski definition) is 13. The van der Waals surface area contributed by atoms with Gasteiger partial charge in [0.2, 0.25) is 0 Å². The quantitative estimate of drug-likeness (QED) is 0.203. The van der Waals surface area contributed by atoms with E-state index in [4.69, 9.17) is 28.4 Å². The molecule has 11 unspecified atom stereocenters. The Morgan fingerprint density at radius 3 is 2.33 bits per heavy atom. The Morgan fingerprint density at radius 2 is 1.59 bits per heavy atom. The molecular formula is C38H60O13. The van der Waals surface area contributed by atoms with Gasteiger partial charge in [-0.15, -0.1) is 0 Å². The van der Waals surface area contributed by atoms with Crippen molar-refractivity contribution < 1.29 is 64.2 Å². The first-order chi connectivity index (χ1) is 24.1. The monoisotopic (exact) mass is 724 g/mol. The molecule has 4 saturated heterocycles. The fraction of sp³-hybridized carbons (Fsp3) is 0.947. The molecular weight excluding hydrogens is 664 g/mol. The maximum atomic E-state index is 11.1. The summed E-state index contributed by atoms with van der Waals surface area (Å²) in [7, 11) is 0. The van der Waals surface area contributed by atoms with E-state index in [1.54, 1.807) is 0 Å². The van der Waals surface area contributed by atoms with Crippen LogP contribution in [-0.4, -0.2) is 134 Å². The number of rotatable bonds is 4. The molecule has 4 aliphatic heterocycles. The molecule has 4 heterocycles. The largest absolute Gasteiger partial charge is 0.393 e. The molecule has 0 radical (unpaired) electrons. The zero-order valence-corrected chi connectivity index (χ0v) is 30.5. The first-order valence-electron chi connectivity index (χ1n) is 19.4. The Morgan fingerprint density at radius 1 is 0.824 bits per heavy atom. The molecule has 7 fully saturated rings.